The zero-order valence-electron chi connectivity index (χ0n) is 7.34. The average molecular weight is 209 g/mol. The van der Waals surface area contributed by atoms with Crippen molar-refractivity contribution in [2.45, 2.75) is 6.92 Å². The summed E-state index contributed by atoms with van der Waals surface area (Å²) >= 11 is 1.15. The third kappa shape index (κ3) is 1.77. The first-order valence-corrected chi connectivity index (χ1v) is 4.62. The second-order valence-electron chi connectivity index (χ2n) is 2.55. The minimum absolute atomic E-state index is 0.293. The molecule has 0 aliphatic carbocycles. The molecule has 2 rings (SSSR count). The molecule has 0 saturated carbocycles. The molecule has 0 saturated heterocycles. The van der Waals surface area contributed by atoms with Gasteiger partial charge < -0.3 is 0 Å². The Labute approximate surface area is 83.8 Å². The monoisotopic (exact) mass is 209 g/mol. The van der Waals surface area contributed by atoms with E-state index in [-0.39, 0.29) is 6.03 Å². The quantitative estimate of drug-likeness (QED) is 0.763. The molecule has 0 unspecified atom stereocenters. The van der Waals surface area contributed by atoms with E-state index in [1.54, 1.807) is 13.1 Å². The highest BCUT2D eigenvalue weighted by Gasteiger charge is 2.06. The number of aryl methyl sites for hydroxylation is 1. The summed E-state index contributed by atoms with van der Waals surface area (Å²) in [5.41, 5.74) is 0. The largest absolute Gasteiger partial charge is 0.333 e. The van der Waals surface area contributed by atoms with Crippen LogP contribution in [-0.2, 0) is 0 Å². The van der Waals surface area contributed by atoms with Crippen LogP contribution in [0, 0.1) is 6.92 Å². The molecular weight excluding hydrogens is 202 g/mol. The van der Waals surface area contributed by atoms with Gasteiger partial charge >= 0.3 is 6.03 Å². The Morgan fingerprint density at radius 3 is 3.07 bits per heavy atom. The van der Waals surface area contributed by atoms with Gasteiger partial charge in [0, 0.05) is 23.9 Å². The van der Waals surface area contributed by atoms with Crippen LogP contribution in [0.15, 0.2) is 18.7 Å². The van der Waals surface area contributed by atoms with Crippen molar-refractivity contribution in [3.8, 4) is 0 Å². The SMILES string of the molecule is Cc1nsc(NC(=O)n2ccnc2)n1. The van der Waals surface area contributed by atoms with E-state index in [0.717, 1.165) is 11.5 Å². The molecule has 0 spiro atoms. The summed E-state index contributed by atoms with van der Waals surface area (Å²) in [7, 11) is 0. The number of aromatic nitrogens is 4. The molecule has 1 amide bonds. The number of rotatable bonds is 1. The number of imidazole rings is 1. The highest BCUT2D eigenvalue weighted by atomic mass is 32.1. The summed E-state index contributed by atoms with van der Waals surface area (Å²) < 4.78 is 5.27. The van der Waals surface area contributed by atoms with Gasteiger partial charge in [-0.3, -0.25) is 9.88 Å². The third-order valence-electron chi connectivity index (χ3n) is 1.48. The first-order chi connectivity index (χ1) is 6.75. The van der Waals surface area contributed by atoms with Crippen molar-refractivity contribution in [1.29, 1.82) is 0 Å². The molecule has 0 atom stereocenters. The molecule has 6 nitrogen and oxygen atoms in total. The van der Waals surface area contributed by atoms with Gasteiger partial charge in [0.2, 0.25) is 5.13 Å². The fourth-order valence-corrected chi connectivity index (χ4v) is 1.45. The smallest absolute Gasteiger partial charge is 0.282 e. The van der Waals surface area contributed by atoms with Crippen LogP contribution in [0.1, 0.15) is 5.82 Å². The van der Waals surface area contributed by atoms with E-state index in [9.17, 15) is 4.79 Å². The van der Waals surface area contributed by atoms with Crippen molar-refractivity contribution < 1.29 is 4.79 Å². The minimum Gasteiger partial charge on any atom is -0.282 e. The summed E-state index contributed by atoms with van der Waals surface area (Å²) in [6.07, 6.45) is 4.51. The fraction of sp³-hybridized carbons (Fsp3) is 0.143. The number of hydrogen-bond acceptors (Lipinski definition) is 5. The Kier molecular flexibility index (Phi) is 2.23. The summed E-state index contributed by atoms with van der Waals surface area (Å²) in [6.45, 7) is 1.77. The van der Waals surface area contributed by atoms with E-state index in [1.807, 2.05) is 0 Å². The van der Waals surface area contributed by atoms with Gasteiger partial charge in [0.15, 0.2) is 0 Å². The summed E-state index contributed by atoms with van der Waals surface area (Å²) in [4.78, 5) is 19.2. The van der Waals surface area contributed by atoms with E-state index < -0.39 is 0 Å². The zero-order chi connectivity index (χ0) is 9.97. The Morgan fingerprint density at radius 1 is 1.64 bits per heavy atom. The molecule has 2 aromatic heterocycles. The summed E-state index contributed by atoms with van der Waals surface area (Å²) in [5.74, 6) is 0.649. The number of carbonyl (C=O) groups is 1. The van der Waals surface area contributed by atoms with Gasteiger partial charge in [-0.2, -0.15) is 4.37 Å². The second kappa shape index (κ2) is 3.54. The van der Waals surface area contributed by atoms with Gasteiger partial charge in [-0.15, -0.1) is 0 Å². The van der Waals surface area contributed by atoms with Gasteiger partial charge in [0.05, 0.1) is 0 Å². The average Bonchev–Trinajstić information content (AvgIpc) is 2.75. The lowest BCUT2D eigenvalue weighted by Gasteiger charge is -1.99. The van der Waals surface area contributed by atoms with E-state index in [2.05, 4.69) is 19.7 Å². The molecule has 72 valence electrons. The molecule has 14 heavy (non-hydrogen) atoms. The molecule has 0 bridgehead atoms. The highest BCUT2D eigenvalue weighted by Crippen LogP contribution is 2.10. The fourth-order valence-electron chi connectivity index (χ4n) is 0.883. The van der Waals surface area contributed by atoms with Gasteiger partial charge in [0.1, 0.15) is 12.2 Å². The van der Waals surface area contributed by atoms with Crippen molar-refractivity contribution in [2.75, 3.05) is 5.32 Å². The predicted molar refractivity (Wildman–Crippen MR) is 51.3 cm³/mol. The van der Waals surface area contributed by atoms with E-state index in [1.165, 1.54) is 17.1 Å². The third-order valence-corrected chi connectivity index (χ3v) is 2.20. The number of carbonyl (C=O) groups excluding carboxylic acids is 1. The maximum absolute atomic E-state index is 11.4. The van der Waals surface area contributed by atoms with Crippen molar-refractivity contribution in [1.82, 2.24) is 18.9 Å². The molecule has 1 N–H and O–H groups in total. The topological polar surface area (TPSA) is 72.7 Å². The van der Waals surface area contributed by atoms with Crippen LogP contribution in [0.5, 0.6) is 0 Å². The first kappa shape index (κ1) is 8.82. The van der Waals surface area contributed by atoms with Crippen molar-refractivity contribution in [3.05, 3.63) is 24.5 Å². The number of anilines is 1. The lowest BCUT2D eigenvalue weighted by Crippen LogP contribution is -2.17. The van der Waals surface area contributed by atoms with Crippen molar-refractivity contribution in [3.63, 3.8) is 0 Å². The number of nitrogens with zero attached hydrogens (tertiary/aromatic N) is 4. The minimum atomic E-state index is -0.293. The van der Waals surface area contributed by atoms with E-state index in [4.69, 9.17) is 0 Å². The molecule has 0 radical (unpaired) electrons. The first-order valence-electron chi connectivity index (χ1n) is 3.85. The zero-order valence-corrected chi connectivity index (χ0v) is 8.15. The van der Waals surface area contributed by atoms with Gasteiger partial charge in [-0.25, -0.2) is 14.8 Å². The van der Waals surface area contributed by atoms with E-state index in [0.29, 0.717) is 11.0 Å². The lowest BCUT2D eigenvalue weighted by molar-refractivity contribution is 0.253. The van der Waals surface area contributed by atoms with Crippen molar-refractivity contribution in [2.24, 2.45) is 0 Å². The number of nitrogens with one attached hydrogen (secondary N) is 1. The lowest BCUT2D eigenvalue weighted by atomic mass is 10.7. The molecule has 0 aliphatic heterocycles. The molecular formula is C7H7N5OS. The molecule has 2 heterocycles. The standard InChI is InChI=1S/C7H7N5OS/c1-5-9-6(14-11-5)10-7(13)12-3-2-8-4-12/h2-4H,1H3,(H,9,10,11,13). The van der Waals surface area contributed by atoms with Crippen LogP contribution >= 0.6 is 11.5 Å². The maximum Gasteiger partial charge on any atom is 0.333 e. The van der Waals surface area contributed by atoms with Crippen molar-refractivity contribution >= 4 is 22.7 Å². The Hall–Kier alpha value is -1.76. The Morgan fingerprint density at radius 2 is 2.50 bits per heavy atom. The summed E-state index contributed by atoms with van der Waals surface area (Å²) in [5, 5.41) is 3.08. The number of amides is 1. The highest BCUT2D eigenvalue weighted by molar-refractivity contribution is 7.09. The number of hydrogen-bond donors (Lipinski definition) is 1. The summed E-state index contributed by atoms with van der Waals surface area (Å²) in [6, 6.07) is -0.293. The van der Waals surface area contributed by atoms with Gasteiger partial charge in [0.25, 0.3) is 0 Å². The van der Waals surface area contributed by atoms with Crippen LogP contribution in [-0.4, -0.2) is 24.9 Å². The van der Waals surface area contributed by atoms with Crippen LogP contribution in [0.3, 0.4) is 0 Å². The van der Waals surface area contributed by atoms with Gasteiger partial charge in [-0.1, -0.05) is 0 Å². The maximum atomic E-state index is 11.4. The van der Waals surface area contributed by atoms with Crippen LogP contribution < -0.4 is 5.32 Å². The van der Waals surface area contributed by atoms with Crippen LogP contribution in [0.25, 0.3) is 0 Å². The molecule has 0 aromatic carbocycles. The molecule has 2 aromatic rings. The molecule has 7 heteroatoms. The molecule has 0 fully saturated rings. The molecule has 0 aliphatic rings. The van der Waals surface area contributed by atoms with Crippen LogP contribution in [0.2, 0.25) is 0 Å². The van der Waals surface area contributed by atoms with E-state index >= 15 is 0 Å². The van der Waals surface area contributed by atoms with Gasteiger partial charge in [-0.05, 0) is 6.92 Å². The van der Waals surface area contributed by atoms with Crippen LogP contribution in [0.4, 0.5) is 9.93 Å². The Balaban J connectivity index is 2.09. The second-order valence-corrected chi connectivity index (χ2v) is 3.30. The Bertz CT molecular complexity index is 435. The normalized spacial score (nSPS) is 10.1. The predicted octanol–water partition coefficient (Wildman–Crippen LogP) is 1.12.